The van der Waals surface area contributed by atoms with Crippen LogP contribution in [0.25, 0.3) is 71.0 Å². The molecule has 1 aromatic heterocycles. The standard InChI is InChI=1S/C40H26O/c1-2-13-27-24-37-35(23-26(27)12-1)40-34(21-10-22-36(40)41-37)39-32-18-7-5-16-30(32)38(31-17-6-8-19-33(31)39)29-20-9-14-25-11-3-4-15-28(25)29/h1-25,28H/i1D,2D,3D,4D,5D,6D,7D,8D,9D,10D,11D,12D,13D,14D,15D,16D,17D,18D,19D,20D,21D,22D,23D,24D. The molecule has 2 aliphatic rings. The van der Waals surface area contributed by atoms with Gasteiger partial charge in [0.2, 0.25) is 0 Å². The molecule has 0 aliphatic heterocycles. The van der Waals surface area contributed by atoms with Crippen LogP contribution in [0.2, 0.25) is 0 Å². The molecule has 0 N–H and O–H groups in total. The Morgan fingerprint density at radius 1 is 0.537 bits per heavy atom. The summed E-state index contributed by atoms with van der Waals surface area (Å²) in [7, 11) is 0. The Bertz CT molecular complexity index is 3570. The third-order valence-corrected chi connectivity index (χ3v) is 7.18. The SMILES string of the molecule is [2H]C1=C([2H])C2C([2H])=C([2H])C([2H])=C(c3c4c([2H])c([2H])c([2H])c([2H])c4c(-c4c([2H])c([2H])c([2H])c5oc6c([2H])c7c([2H])c([2H])c([2H])c([2H])c7c([2H])c6c45)c4c([2H])c([2H])c([2H])c([2H])c34)C2C([2H])=C1[2H]. The van der Waals surface area contributed by atoms with Crippen molar-refractivity contribution < 1.29 is 37.3 Å². The molecule has 1 nitrogen and oxygen atoms in total. The summed E-state index contributed by atoms with van der Waals surface area (Å²) in [5.41, 5.74) is -3.55. The molecule has 0 bridgehead atoms. The lowest BCUT2D eigenvalue weighted by Crippen LogP contribution is -2.15. The van der Waals surface area contributed by atoms with Gasteiger partial charge in [0.1, 0.15) is 11.2 Å². The number of allylic oxidation sites excluding steroid dienone is 8. The quantitative estimate of drug-likeness (QED) is 0.197. The van der Waals surface area contributed by atoms with Gasteiger partial charge in [-0.15, -0.1) is 0 Å². The summed E-state index contributed by atoms with van der Waals surface area (Å²) >= 11 is 0. The topological polar surface area (TPSA) is 13.1 Å². The molecule has 0 saturated heterocycles. The van der Waals surface area contributed by atoms with Crippen LogP contribution in [0.4, 0.5) is 0 Å². The van der Waals surface area contributed by atoms with Gasteiger partial charge >= 0.3 is 0 Å². The first-order valence-corrected chi connectivity index (χ1v) is 12.4. The van der Waals surface area contributed by atoms with E-state index in [1.807, 2.05) is 0 Å². The summed E-state index contributed by atoms with van der Waals surface area (Å²) in [6.07, 6.45) is 0. The van der Waals surface area contributed by atoms with Crippen molar-refractivity contribution in [1.82, 2.24) is 0 Å². The van der Waals surface area contributed by atoms with E-state index in [2.05, 4.69) is 0 Å². The lowest BCUT2D eigenvalue weighted by atomic mass is 9.74. The number of rotatable bonds is 2. The van der Waals surface area contributed by atoms with Gasteiger partial charge in [0.15, 0.2) is 0 Å². The van der Waals surface area contributed by atoms with Crippen LogP contribution < -0.4 is 0 Å². The smallest absolute Gasteiger partial charge is 0.136 e. The number of hydrogen-bond acceptors (Lipinski definition) is 1. The second-order valence-corrected chi connectivity index (χ2v) is 9.31. The van der Waals surface area contributed by atoms with E-state index in [1.165, 1.54) is 0 Å². The molecular formula is C40H26O. The molecule has 0 radical (unpaired) electrons. The van der Waals surface area contributed by atoms with Crippen LogP contribution in [0.15, 0.2) is 150 Å². The van der Waals surface area contributed by atoms with Crippen LogP contribution in [0.5, 0.6) is 0 Å². The predicted octanol–water partition coefficient (Wildman–Crippen LogP) is 11.0. The molecule has 192 valence electrons. The van der Waals surface area contributed by atoms with Crippen LogP contribution in [0.3, 0.4) is 0 Å². The molecule has 2 unspecified atom stereocenters. The molecule has 0 spiro atoms. The van der Waals surface area contributed by atoms with Crippen molar-refractivity contribution >= 4 is 59.8 Å². The number of fused-ring (bicyclic) bond motifs is 7. The fourth-order valence-corrected chi connectivity index (χ4v) is 5.48. The highest BCUT2D eigenvalue weighted by Crippen LogP contribution is 2.48. The number of hydrogen-bond donors (Lipinski definition) is 0. The second kappa shape index (κ2) is 8.68. The Morgan fingerprint density at radius 2 is 1.17 bits per heavy atom. The van der Waals surface area contributed by atoms with Crippen LogP contribution in [-0.2, 0) is 0 Å². The molecule has 9 rings (SSSR count). The van der Waals surface area contributed by atoms with E-state index in [9.17, 15) is 9.60 Å². The first-order chi connectivity index (χ1) is 30.3. The lowest BCUT2D eigenvalue weighted by Gasteiger charge is -2.29. The lowest BCUT2D eigenvalue weighted by molar-refractivity contribution is 0.669. The maximum absolute atomic E-state index is 9.48. The van der Waals surface area contributed by atoms with Crippen LogP contribution in [-0.4, -0.2) is 0 Å². The maximum atomic E-state index is 9.48. The van der Waals surface area contributed by atoms with Crippen molar-refractivity contribution in [2.45, 2.75) is 0 Å². The Balaban J connectivity index is 1.65. The van der Waals surface area contributed by atoms with Crippen LogP contribution in [0, 0.1) is 11.8 Å². The first-order valence-electron chi connectivity index (χ1n) is 24.4. The third kappa shape index (κ3) is 3.30. The van der Waals surface area contributed by atoms with Crippen molar-refractivity contribution in [2.24, 2.45) is 11.8 Å². The molecule has 6 aromatic carbocycles. The minimum Gasteiger partial charge on any atom is -0.456 e. The summed E-state index contributed by atoms with van der Waals surface area (Å²) in [6.45, 7) is 0. The van der Waals surface area contributed by atoms with Gasteiger partial charge in [-0.25, -0.2) is 0 Å². The van der Waals surface area contributed by atoms with E-state index >= 15 is 0 Å². The van der Waals surface area contributed by atoms with Crippen molar-refractivity contribution in [3.05, 3.63) is 151 Å². The minimum absolute atomic E-state index is 0.449. The molecule has 1 heterocycles. The van der Waals surface area contributed by atoms with Crippen molar-refractivity contribution in [3.8, 4) is 11.1 Å². The van der Waals surface area contributed by atoms with E-state index < -0.39 is 233 Å². The highest BCUT2D eigenvalue weighted by atomic mass is 16.3. The minimum atomic E-state index is -1.77. The Kier molecular flexibility index (Phi) is 2.00. The zero-order valence-electron chi connectivity index (χ0n) is 44.6. The normalized spacial score (nSPS) is 28.0. The van der Waals surface area contributed by atoms with E-state index in [0.717, 1.165) is 0 Å². The van der Waals surface area contributed by atoms with E-state index in [0.29, 0.717) is 0 Å². The Labute approximate surface area is 271 Å². The van der Waals surface area contributed by atoms with E-state index in [1.54, 1.807) is 0 Å². The van der Waals surface area contributed by atoms with Crippen molar-refractivity contribution in [3.63, 3.8) is 0 Å². The molecule has 41 heavy (non-hydrogen) atoms. The summed E-state index contributed by atoms with van der Waals surface area (Å²) in [5, 5.41) is -4.43. The van der Waals surface area contributed by atoms with Crippen LogP contribution >= 0.6 is 0 Å². The zero-order chi connectivity index (χ0) is 47.8. The molecule has 0 saturated carbocycles. The zero-order valence-corrected chi connectivity index (χ0v) is 20.6. The van der Waals surface area contributed by atoms with Gasteiger partial charge in [0.05, 0.1) is 32.9 Å². The predicted molar refractivity (Wildman–Crippen MR) is 174 cm³/mol. The summed E-state index contributed by atoms with van der Waals surface area (Å²) in [4.78, 5) is 0. The van der Waals surface area contributed by atoms with Gasteiger partial charge in [-0.2, -0.15) is 0 Å². The Hall–Kier alpha value is -5.14. The highest BCUT2D eigenvalue weighted by molar-refractivity contribution is 6.24. The molecule has 2 aliphatic carbocycles. The summed E-state index contributed by atoms with van der Waals surface area (Å²) in [6, 6.07) is -19.9. The molecule has 0 fully saturated rings. The van der Waals surface area contributed by atoms with E-state index in [-0.39, 0.29) is 0 Å². The van der Waals surface area contributed by atoms with Gasteiger partial charge in [-0.3, -0.25) is 0 Å². The molecule has 0 amide bonds. The molecule has 1 heteroatoms. The number of furan rings is 1. The van der Waals surface area contributed by atoms with Crippen LogP contribution in [0.1, 0.15) is 38.5 Å². The van der Waals surface area contributed by atoms with Gasteiger partial charge in [0, 0.05) is 22.6 Å². The largest absolute Gasteiger partial charge is 0.456 e. The van der Waals surface area contributed by atoms with Gasteiger partial charge in [-0.1, -0.05) is 127 Å². The molecular weight excluding hydrogens is 496 g/mol. The first kappa shape index (κ1) is 9.46. The van der Waals surface area contributed by atoms with E-state index in [4.69, 9.17) is 27.7 Å². The van der Waals surface area contributed by atoms with Gasteiger partial charge < -0.3 is 4.42 Å². The second-order valence-electron chi connectivity index (χ2n) is 9.31. The number of benzene rings is 6. The van der Waals surface area contributed by atoms with Crippen molar-refractivity contribution in [2.75, 3.05) is 0 Å². The molecule has 2 atom stereocenters. The Morgan fingerprint density at radius 3 is 1.93 bits per heavy atom. The summed E-state index contributed by atoms with van der Waals surface area (Å²) < 4.78 is 221. The average Bonchev–Trinajstić information content (AvgIpc) is 3.68. The van der Waals surface area contributed by atoms with Gasteiger partial charge in [0.25, 0.3) is 0 Å². The highest BCUT2D eigenvalue weighted by Gasteiger charge is 2.27. The van der Waals surface area contributed by atoms with Crippen molar-refractivity contribution in [1.29, 1.82) is 0 Å². The monoisotopic (exact) mass is 546 g/mol. The fraction of sp³-hybridized carbons (Fsp3) is 0.0500. The maximum Gasteiger partial charge on any atom is 0.136 e. The molecule has 7 aromatic rings. The third-order valence-electron chi connectivity index (χ3n) is 7.18. The summed E-state index contributed by atoms with van der Waals surface area (Å²) in [5.74, 6) is -3.46. The van der Waals surface area contributed by atoms with Gasteiger partial charge in [-0.05, 0) is 72.7 Å². The average molecular weight is 547 g/mol. The fourth-order valence-electron chi connectivity index (χ4n) is 5.48.